The Kier molecular flexibility index (Phi) is 3.73. The molecule has 0 aromatic rings. The minimum Gasteiger partial charge on any atom is -0.481 e. The first-order valence-electron chi connectivity index (χ1n) is 6.76. The zero-order valence-corrected chi connectivity index (χ0v) is 10.8. The molecule has 1 saturated carbocycles. The molecule has 2 rings (SSSR count). The van der Waals surface area contributed by atoms with Gasteiger partial charge in [-0.2, -0.15) is 0 Å². The number of nitrogens with one attached hydrogen (secondary N) is 2. The summed E-state index contributed by atoms with van der Waals surface area (Å²) in [7, 11) is 0. The lowest BCUT2D eigenvalue weighted by Gasteiger charge is -2.45. The molecule has 0 amide bonds. The van der Waals surface area contributed by atoms with Gasteiger partial charge >= 0.3 is 5.97 Å². The fourth-order valence-corrected chi connectivity index (χ4v) is 3.42. The molecule has 3 unspecified atom stereocenters. The molecular weight excluding hydrogens is 216 g/mol. The van der Waals surface area contributed by atoms with Gasteiger partial charge in [-0.25, -0.2) is 0 Å². The van der Waals surface area contributed by atoms with E-state index in [1.165, 1.54) is 19.3 Å². The van der Waals surface area contributed by atoms with Gasteiger partial charge in [-0.15, -0.1) is 0 Å². The number of hydrogen-bond acceptors (Lipinski definition) is 3. The zero-order chi connectivity index (χ0) is 12.5. The molecule has 0 spiro atoms. The number of rotatable bonds is 5. The molecular formula is C13H24N2O2. The maximum atomic E-state index is 10.9. The molecule has 3 atom stereocenters. The van der Waals surface area contributed by atoms with E-state index >= 15 is 0 Å². The van der Waals surface area contributed by atoms with E-state index in [1.54, 1.807) is 0 Å². The third-order valence-corrected chi connectivity index (χ3v) is 4.66. The van der Waals surface area contributed by atoms with Crippen molar-refractivity contribution in [2.75, 3.05) is 13.1 Å². The summed E-state index contributed by atoms with van der Waals surface area (Å²) in [6.45, 7) is 6.14. The number of aliphatic carboxylic acids is 1. The van der Waals surface area contributed by atoms with Crippen LogP contribution in [-0.4, -0.2) is 35.7 Å². The van der Waals surface area contributed by atoms with Crippen LogP contribution >= 0.6 is 0 Å². The summed E-state index contributed by atoms with van der Waals surface area (Å²) in [6, 6.07) is 0.501. The van der Waals surface area contributed by atoms with Crippen molar-refractivity contribution in [2.24, 2.45) is 11.8 Å². The van der Waals surface area contributed by atoms with E-state index in [4.69, 9.17) is 5.11 Å². The molecule has 1 saturated heterocycles. The molecule has 2 fully saturated rings. The second-order valence-corrected chi connectivity index (χ2v) is 5.81. The van der Waals surface area contributed by atoms with E-state index in [9.17, 15) is 4.79 Å². The summed E-state index contributed by atoms with van der Waals surface area (Å²) in [5.74, 6) is 0.783. The number of carbonyl (C=O) groups is 1. The van der Waals surface area contributed by atoms with E-state index in [0.29, 0.717) is 12.0 Å². The fourth-order valence-electron chi connectivity index (χ4n) is 3.42. The quantitative estimate of drug-likeness (QED) is 0.676. The summed E-state index contributed by atoms with van der Waals surface area (Å²) in [5, 5.41) is 15.8. The van der Waals surface area contributed by atoms with Gasteiger partial charge in [0.15, 0.2) is 0 Å². The van der Waals surface area contributed by atoms with Crippen LogP contribution in [0, 0.1) is 11.8 Å². The summed E-state index contributed by atoms with van der Waals surface area (Å²) >= 11 is 0. The van der Waals surface area contributed by atoms with Crippen molar-refractivity contribution in [1.29, 1.82) is 0 Å². The Labute approximate surface area is 103 Å². The van der Waals surface area contributed by atoms with Crippen molar-refractivity contribution in [3.05, 3.63) is 0 Å². The molecule has 4 heteroatoms. The lowest BCUT2D eigenvalue weighted by atomic mass is 9.85. The van der Waals surface area contributed by atoms with E-state index < -0.39 is 5.97 Å². The SMILES string of the molecule is CCC1CCC(NC2(CC(=O)O)CNC2)C1C. The van der Waals surface area contributed by atoms with Gasteiger partial charge in [0.1, 0.15) is 0 Å². The Morgan fingerprint density at radius 3 is 2.59 bits per heavy atom. The van der Waals surface area contributed by atoms with E-state index in [2.05, 4.69) is 24.5 Å². The lowest BCUT2D eigenvalue weighted by molar-refractivity contribution is -0.139. The number of carboxylic acid groups (broad SMARTS) is 1. The number of carboxylic acids is 1. The molecule has 0 aromatic heterocycles. The summed E-state index contributed by atoms with van der Waals surface area (Å²) in [5.41, 5.74) is -0.187. The first-order valence-corrected chi connectivity index (χ1v) is 6.76. The highest BCUT2D eigenvalue weighted by molar-refractivity contribution is 5.68. The van der Waals surface area contributed by atoms with Crippen LogP contribution in [0.3, 0.4) is 0 Å². The van der Waals surface area contributed by atoms with Crippen LogP contribution in [0.15, 0.2) is 0 Å². The summed E-state index contributed by atoms with van der Waals surface area (Å²) < 4.78 is 0. The van der Waals surface area contributed by atoms with Crippen molar-refractivity contribution in [1.82, 2.24) is 10.6 Å². The summed E-state index contributed by atoms with van der Waals surface area (Å²) in [4.78, 5) is 10.9. The van der Waals surface area contributed by atoms with E-state index in [-0.39, 0.29) is 12.0 Å². The van der Waals surface area contributed by atoms with Crippen molar-refractivity contribution >= 4 is 5.97 Å². The van der Waals surface area contributed by atoms with Crippen molar-refractivity contribution < 1.29 is 9.90 Å². The molecule has 0 radical (unpaired) electrons. The monoisotopic (exact) mass is 240 g/mol. The Hall–Kier alpha value is -0.610. The Balaban J connectivity index is 1.93. The predicted molar refractivity (Wildman–Crippen MR) is 67.0 cm³/mol. The largest absolute Gasteiger partial charge is 0.481 e. The smallest absolute Gasteiger partial charge is 0.305 e. The van der Waals surface area contributed by atoms with Crippen LogP contribution in [0.4, 0.5) is 0 Å². The highest BCUT2D eigenvalue weighted by Crippen LogP contribution is 2.35. The fraction of sp³-hybridized carbons (Fsp3) is 0.923. The van der Waals surface area contributed by atoms with E-state index in [1.807, 2.05) is 0 Å². The third kappa shape index (κ3) is 2.63. The lowest BCUT2D eigenvalue weighted by Crippen LogP contribution is -2.70. The van der Waals surface area contributed by atoms with Crippen LogP contribution in [0.2, 0.25) is 0 Å². The van der Waals surface area contributed by atoms with Gasteiger partial charge in [0, 0.05) is 19.1 Å². The molecule has 98 valence electrons. The molecule has 1 aliphatic heterocycles. The Morgan fingerprint density at radius 2 is 2.18 bits per heavy atom. The predicted octanol–water partition coefficient (Wildman–Crippen LogP) is 1.22. The van der Waals surface area contributed by atoms with Gasteiger partial charge in [0.2, 0.25) is 0 Å². The van der Waals surface area contributed by atoms with Gasteiger partial charge in [0.25, 0.3) is 0 Å². The second-order valence-electron chi connectivity index (χ2n) is 5.81. The normalized spacial score (nSPS) is 35.5. The van der Waals surface area contributed by atoms with Crippen molar-refractivity contribution in [3.63, 3.8) is 0 Å². The van der Waals surface area contributed by atoms with Crippen LogP contribution in [-0.2, 0) is 4.79 Å². The molecule has 0 bridgehead atoms. The standard InChI is InChI=1S/C13H24N2O2/c1-3-10-4-5-11(9(10)2)15-13(6-12(16)17)7-14-8-13/h9-11,14-15H,3-8H2,1-2H3,(H,16,17). The highest BCUT2D eigenvalue weighted by atomic mass is 16.4. The van der Waals surface area contributed by atoms with Crippen LogP contribution in [0.5, 0.6) is 0 Å². The first-order chi connectivity index (χ1) is 8.06. The van der Waals surface area contributed by atoms with Crippen LogP contribution in [0.25, 0.3) is 0 Å². The molecule has 1 heterocycles. The highest BCUT2D eigenvalue weighted by Gasteiger charge is 2.43. The maximum Gasteiger partial charge on any atom is 0.305 e. The minimum atomic E-state index is -0.698. The number of hydrogen-bond donors (Lipinski definition) is 3. The van der Waals surface area contributed by atoms with Gasteiger partial charge < -0.3 is 15.7 Å². The maximum absolute atomic E-state index is 10.9. The molecule has 1 aliphatic carbocycles. The first kappa shape index (κ1) is 12.8. The second kappa shape index (κ2) is 4.94. The summed E-state index contributed by atoms with van der Waals surface area (Å²) in [6.07, 6.45) is 3.95. The topological polar surface area (TPSA) is 61.4 Å². The van der Waals surface area contributed by atoms with Crippen LogP contribution in [0.1, 0.15) is 39.5 Å². The van der Waals surface area contributed by atoms with Gasteiger partial charge in [-0.3, -0.25) is 4.79 Å². The third-order valence-electron chi connectivity index (χ3n) is 4.66. The van der Waals surface area contributed by atoms with Gasteiger partial charge in [-0.1, -0.05) is 20.3 Å². The van der Waals surface area contributed by atoms with Crippen LogP contribution < -0.4 is 10.6 Å². The molecule has 4 nitrogen and oxygen atoms in total. The zero-order valence-electron chi connectivity index (χ0n) is 10.8. The van der Waals surface area contributed by atoms with Gasteiger partial charge in [0.05, 0.1) is 12.0 Å². The average Bonchev–Trinajstić information content (AvgIpc) is 2.56. The van der Waals surface area contributed by atoms with Crippen molar-refractivity contribution in [2.45, 2.75) is 51.1 Å². The molecule has 17 heavy (non-hydrogen) atoms. The van der Waals surface area contributed by atoms with E-state index in [0.717, 1.165) is 19.0 Å². The molecule has 3 N–H and O–H groups in total. The average molecular weight is 240 g/mol. The van der Waals surface area contributed by atoms with Crippen molar-refractivity contribution in [3.8, 4) is 0 Å². The Morgan fingerprint density at radius 1 is 1.47 bits per heavy atom. The molecule has 0 aromatic carbocycles. The minimum absolute atomic E-state index is 0.187. The Bertz CT molecular complexity index is 289. The van der Waals surface area contributed by atoms with Gasteiger partial charge in [-0.05, 0) is 24.7 Å². The molecule has 2 aliphatic rings.